The zero-order valence-corrected chi connectivity index (χ0v) is 16.4. The van der Waals surface area contributed by atoms with E-state index in [0.29, 0.717) is 0 Å². The zero-order valence-electron chi connectivity index (χ0n) is 15.6. The van der Waals surface area contributed by atoms with E-state index in [0.717, 1.165) is 18.4 Å². The molecule has 0 atom stereocenters. The topological polar surface area (TPSA) is 116 Å². The van der Waals surface area contributed by atoms with Crippen LogP contribution < -0.4 is 14.2 Å². The number of nitrogens with zero attached hydrogens (tertiary/aromatic N) is 3. The fraction of sp³-hybridized carbons (Fsp3) is 0.235. The van der Waals surface area contributed by atoms with Crippen LogP contribution in [0.4, 0.5) is 18.9 Å². The Hall–Kier alpha value is -3.35. The van der Waals surface area contributed by atoms with Crippen molar-refractivity contribution in [3.05, 3.63) is 47.9 Å². The number of ether oxygens (including phenoxy) is 2. The summed E-state index contributed by atoms with van der Waals surface area (Å²) in [5, 5.41) is 7.73. The van der Waals surface area contributed by atoms with Gasteiger partial charge in [-0.3, -0.25) is 4.72 Å². The number of anilines is 1. The summed E-state index contributed by atoms with van der Waals surface area (Å²) in [5.41, 5.74) is 0.563. The number of sulfonamides is 1. The molecule has 160 valence electrons. The maximum Gasteiger partial charge on any atom is 0.449 e. The molecule has 3 rings (SSSR count). The maximum absolute atomic E-state index is 12.6. The van der Waals surface area contributed by atoms with Crippen LogP contribution in [0.25, 0.3) is 11.4 Å². The smallest absolute Gasteiger partial charge is 0.449 e. The summed E-state index contributed by atoms with van der Waals surface area (Å²) in [6, 6.07) is 7.99. The Kier molecular flexibility index (Phi) is 5.82. The largest absolute Gasteiger partial charge is 0.478 e. The van der Waals surface area contributed by atoms with Crippen molar-refractivity contribution in [2.45, 2.75) is 12.8 Å². The summed E-state index contributed by atoms with van der Waals surface area (Å²) < 4.78 is 78.1. The van der Waals surface area contributed by atoms with Gasteiger partial charge in [0, 0.05) is 6.07 Å². The van der Waals surface area contributed by atoms with E-state index in [9.17, 15) is 21.6 Å². The molecule has 3 aromatic heterocycles. The minimum atomic E-state index is -4.58. The Balaban J connectivity index is 1.80. The molecule has 30 heavy (non-hydrogen) atoms. The zero-order chi connectivity index (χ0) is 21.9. The molecule has 3 heterocycles. The van der Waals surface area contributed by atoms with Gasteiger partial charge in [-0.2, -0.15) is 13.2 Å². The lowest BCUT2D eigenvalue weighted by Crippen LogP contribution is -2.12. The van der Waals surface area contributed by atoms with E-state index in [-0.39, 0.29) is 41.2 Å². The van der Waals surface area contributed by atoms with Crippen molar-refractivity contribution < 1.29 is 35.5 Å². The number of pyridine rings is 1. The highest BCUT2D eigenvalue weighted by atomic mass is 32.2. The van der Waals surface area contributed by atoms with Gasteiger partial charge in [0.15, 0.2) is 0 Å². The number of hydrogen-bond acceptors (Lipinski definition) is 8. The van der Waals surface area contributed by atoms with Crippen LogP contribution in [-0.4, -0.2) is 37.0 Å². The van der Waals surface area contributed by atoms with Gasteiger partial charge in [-0.1, -0.05) is 6.07 Å². The first kappa shape index (κ1) is 21.4. The van der Waals surface area contributed by atoms with Crippen molar-refractivity contribution >= 4 is 15.7 Å². The second-order valence-electron chi connectivity index (χ2n) is 5.94. The molecule has 0 radical (unpaired) electrons. The van der Waals surface area contributed by atoms with E-state index < -0.39 is 22.0 Å². The molecule has 0 aliphatic carbocycles. The maximum atomic E-state index is 12.6. The highest BCUT2D eigenvalue weighted by Crippen LogP contribution is 2.31. The molecule has 3 aromatic rings. The van der Waals surface area contributed by atoms with Crippen LogP contribution in [-0.2, 0) is 22.8 Å². The third-order valence-corrected chi connectivity index (χ3v) is 4.13. The Morgan fingerprint density at radius 3 is 2.53 bits per heavy atom. The third-order valence-electron chi connectivity index (χ3n) is 3.54. The number of methoxy groups -OCH3 is 1. The average Bonchev–Trinajstić information content (AvgIpc) is 3.15. The summed E-state index contributed by atoms with van der Waals surface area (Å²) in [6.07, 6.45) is -3.61. The van der Waals surface area contributed by atoms with Gasteiger partial charge in [0.1, 0.15) is 23.7 Å². The normalized spacial score (nSPS) is 11.9. The number of alkyl halides is 3. The molecule has 0 saturated heterocycles. The predicted octanol–water partition coefficient (Wildman–Crippen LogP) is 3.11. The van der Waals surface area contributed by atoms with E-state index in [4.69, 9.17) is 13.9 Å². The van der Waals surface area contributed by atoms with Gasteiger partial charge in [0.05, 0.1) is 19.1 Å². The first-order valence-corrected chi connectivity index (χ1v) is 10.1. The minimum Gasteiger partial charge on any atom is -0.478 e. The summed E-state index contributed by atoms with van der Waals surface area (Å²) in [7, 11) is -2.29. The number of furan rings is 1. The van der Waals surface area contributed by atoms with Crippen molar-refractivity contribution in [2.75, 3.05) is 18.1 Å². The van der Waals surface area contributed by atoms with Gasteiger partial charge in [-0.05, 0) is 24.3 Å². The van der Waals surface area contributed by atoms with Crippen LogP contribution in [0.5, 0.6) is 11.8 Å². The summed E-state index contributed by atoms with van der Waals surface area (Å²) in [4.78, 5) is 4.20. The van der Waals surface area contributed by atoms with Crippen LogP contribution in [0.3, 0.4) is 0 Å². The van der Waals surface area contributed by atoms with Crippen molar-refractivity contribution in [3.8, 4) is 23.1 Å². The van der Waals surface area contributed by atoms with Gasteiger partial charge in [0.2, 0.25) is 21.7 Å². The lowest BCUT2D eigenvalue weighted by atomic mass is 10.2. The third kappa shape index (κ3) is 5.37. The first-order valence-electron chi connectivity index (χ1n) is 8.21. The number of hydrogen-bond donors (Lipinski definition) is 1. The molecule has 0 bridgehead atoms. The number of halogens is 3. The number of rotatable bonds is 7. The molecule has 0 aromatic carbocycles. The lowest BCUT2D eigenvalue weighted by molar-refractivity contribution is -0.153. The predicted molar refractivity (Wildman–Crippen MR) is 98.3 cm³/mol. The highest BCUT2D eigenvalue weighted by Gasteiger charge is 2.34. The second kappa shape index (κ2) is 8.18. The Labute approximate surface area is 168 Å². The average molecular weight is 444 g/mol. The van der Waals surface area contributed by atoms with Crippen molar-refractivity contribution in [1.82, 2.24) is 15.2 Å². The number of nitrogens with one attached hydrogen (secondary N) is 1. The van der Waals surface area contributed by atoms with Crippen LogP contribution in [0.2, 0.25) is 0 Å². The molecule has 0 amide bonds. The summed E-state index contributed by atoms with van der Waals surface area (Å²) in [5.74, 6) is -1.09. The van der Waals surface area contributed by atoms with E-state index in [1.165, 1.54) is 19.2 Å². The number of aromatic nitrogens is 3. The van der Waals surface area contributed by atoms with Gasteiger partial charge < -0.3 is 13.9 Å². The molecule has 0 spiro atoms. The molecule has 13 heteroatoms. The Bertz CT molecular complexity index is 1150. The van der Waals surface area contributed by atoms with E-state index in [2.05, 4.69) is 19.9 Å². The molecule has 0 fully saturated rings. The molecule has 0 aliphatic rings. The fourth-order valence-electron chi connectivity index (χ4n) is 2.32. The van der Waals surface area contributed by atoms with Crippen LogP contribution in [0.1, 0.15) is 11.5 Å². The molecular weight excluding hydrogens is 429 g/mol. The van der Waals surface area contributed by atoms with Gasteiger partial charge in [-0.15, -0.1) is 10.2 Å². The molecule has 0 aliphatic heterocycles. The Morgan fingerprint density at radius 1 is 1.13 bits per heavy atom. The summed E-state index contributed by atoms with van der Waals surface area (Å²) in [6.45, 7) is -0.276. The van der Waals surface area contributed by atoms with Gasteiger partial charge >= 0.3 is 6.18 Å². The van der Waals surface area contributed by atoms with Crippen LogP contribution in [0.15, 0.2) is 40.8 Å². The fourth-order valence-corrected chi connectivity index (χ4v) is 2.87. The SMILES string of the molecule is COc1nnc(-c2cccc(OCc3ccc(C(F)(F)F)o3)n2)cc1NS(C)(=O)=O. The molecule has 1 N–H and O–H groups in total. The monoisotopic (exact) mass is 444 g/mol. The van der Waals surface area contributed by atoms with Gasteiger partial charge in [-0.25, -0.2) is 13.4 Å². The van der Waals surface area contributed by atoms with Crippen LogP contribution >= 0.6 is 0 Å². The molecule has 0 saturated carbocycles. The van der Waals surface area contributed by atoms with Crippen molar-refractivity contribution in [2.24, 2.45) is 0 Å². The van der Waals surface area contributed by atoms with Crippen LogP contribution in [0, 0.1) is 0 Å². The van der Waals surface area contributed by atoms with Crippen molar-refractivity contribution in [1.29, 1.82) is 0 Å². The minimum absolute atomic E-state index is 0.0293. The highest BCUT2D eigenvalue weighted by molar-refractivity contribution is 7.92. The lowest BCUT2D eigenvalue weighted by Gasteiger charge is -2.10. The molecule has 9 nitrogen and oxygen atoms in total. The summed E-state index contributed by atoms with van der Waals surface area (Å²) >= 11 is 0. The quantitative estimate of drug-likeness (QED) is 0.591. The second-order valence-corrected chi connectivity index (χ2v) is 7.69. The first-order chi connectivity index (χ1) is 14.0. The molecular formula is C17H15F3N4O5S. The van der Waals surface area contributed by atoms with E-state index in [1.54, 1.807) is 12.1 Å². The Morgan fingerprint density at radius 2 is 1.90 bits per heavy atom. The molecule has 0 unspecified atom stereocenters. The van der Waals surface area contributed by atoms with Gasteiger partial charge in [0.25, 0.3) is 5.88 Å². The van der Waals surface area contributed by atoms with Crippen molar-refractivity contribution in [3.63, 3.8) is 0 Å². The standard InChI is InChI=1S/C17H15F3N4O5S/c1-27-16-13(24-30(2,25)26)8-12(22-23-16)11-4-3-5-15(21-11)28-9-10-6-7-14(29-10)17(18,19)20/h3-8H,9H2,1-2H3,(H,22,24). The van der Waals surface area contributed by atoms with E-state index in [1.807, 2.05) is 0 Å². The van der Waals surface area contributed by atoms with E-state index >= 15 is 0 Å².